The molecule has 0 bridgehead atoms. The van der Waals surface area contributed by atoms with Gasteiger partial charge in [-0.2, -0.15) is 0 Å². The summed E-state index contributed by atoms with van der Waals surface area (Å²) in [6.45, 7) is 0. The van der Waals surface area contributed by atoms with Gasteiger partial charge < -0.3 is 0 Å². The number of hydrogen-bond donors (Lipinski definition) is 1. The third-order valence-electron chi connectivity index (χ3n) is 1.42. The predicted molar refractivity (Wildman–Crippen MR) is 57.9 cm³/mol. The molecule has 0 heterocycles. The maximum absolute atomic E-state index is 10.9. The normalized spacial score (nSPS) is 12.4. The zero-order valence-corrected chi connectivity index (χ0v) is 10.0. The molecule has 0 aliphatic heterocycles. The minimum Gasteiger partial charge on any atom is -0.284 e. The first-order valence-electron chi connectivity index (χ1n) is 3.71. The molecule has 15 heavy (non-hydrogen) atoms. The van der Waals surface area contributed by atoms with Crippen molar-refractivity contribution in [2.75, 3.05) is 11.0 Å². The van der Waals surface area contributed by atoms with Gasteiger partial charge in [-0.15, -0.1) is 0 Å². The Labute approximate surface area is 92.5 Å². The smallest absolute Gasteiger partial charge is 0.261 e. The molecule has 0 aromatic heterocycles. The first-order chi connectivity index (χ1) is 6.68. The molecule has 0 atom stereocenters. The van der Waals surface area contributed by atoms with E-state index in [0.29, 0.717) is 0 Å². The van der Waals surface area contributed by atoms with E-state index in [1.165, 1.54) is 18.2 Å². The first kappa shape index (κ1) is 12.3. The lowest BCUT2D eigenvalue weighted by Gasteiger charge is -2.04. The molecule has 0 aliphatic rings. The summed E-state index contributed by atoms with van der Waals surface area (Å²) in [5.41, 5.74) is 0.152. The molecule has 1 rings (SSSR count). The quantitative estimate of drug-likeness (QED) is 0.830. The van der Waals surface area contributed by atoms with Crippen molar-refractivity contribution in [1.82, 2.24) is 0 Å². The van der Waals surface area contributed by atoms with Gasteiger partial charge in [-0.05, 0) is 18.2 Å². The van der Waals surface area contributed by atoms with E-state index < -0.39 is 19.1 Å². The second kappa shape index (κ2) is 3.99. The van der Waals surface area contributed by atoms with Crippen molar-refractivity contribution in [3.05, 3.63) is 24.3 Å². The lowest BCUT2D eigenvalue weighted by atomic mass is 10.3. The van der Waals surface area contributed by atoms with E-state index in [4.69, 9.17) is 10.7 Å². The van der Waals surface area contributed by atoms with E-state index in [1.54, 1.807) is 0 Å². The van der Waals surface area contributed by atoms with Crippen molar-refractivity contribution in [1.29, 1.82) is 0 Å². The van der Waals surface area contributed by atoms with Crippen LogP contribution in [-0.4, -0.2) is 23.1 Å². The van der Waals surface area contributed by atoms with Gasteiger partial charge in [-0.3, -0.25) is 4.72 Å². The Bertz CT molecular complexity index is 564. The van der Waals surface area contributed by atoms with Crippen LogP contribution in [0.2, 0.25) is 0 Å². The van der Waals surface area contributed by atoms with Crippen LogP contribution >= 0.6 is 10.7 Å². The number of rotatable bonds is 3. The van der Waals surface area contributed by atoms with Crippen molar-refractivity contribution >= 4 is 35.4 Å². The zero-order chi connectivity index (χ0) is 11.7. The molecule has 1 N–H and O–H groups in total. The number of halogens is 1. The number of benzene rings is 1. The highest BCUT2D eigenvalue weighted by Crippen LogP contribution is 2.19. The Morgan fingerprint density at radius 1 is 1.20 bits per heavy atom. The van der Waals surface area contributed by atoms with Crippen LogP contribution in [0.3, 0.4) is 0 Å². The maximum Gasteiger partial charge on any atom is 0.261 e. The lowest BCUT2D eigenvalue weighted by molar-refractivity contribution is 0.605. The van der Waals surface area contributed by atoms with E-state index in [-0.39, 0.29) is 10.6 Å². The van der Waals surface area contributed by atoms with Crippen LogP contribution in [0.15, 0.2) is 29.2 Å². The average Bonchev–Trinajstić information content (AvgIpc) is 1.99. The van der Waals surface area contributed by atoms with Gasteiger partial charge >= 0.3 is 0 Å². The predicted octanol–water partition coefficient (Wildman–Crippen LogP) is 0.986. The fourth-order valence-electron chi connectivity index (χ4n) is 0.925. The highest BCUT2D eigenvalue weighted by molar-refractivity contribution is 8.13. The standard InChI is InChI=1S/C7H8ClNO4S2/c1-14(10,11)9-6-3-2-4-7(5-6)15(8,12)13/h2-5,9H,1H3. The molecule has 1 aromatic carbocycles. The van der Waals surface area contributed by atoms with E-state index >= 15 is 0 Å². The molecule has 84 valence electrons. The van der Waals surface area contributed by atoms with E-state index in [0.717, 1.165) is 12.3 Å². The van der Waals surface area contributed by atoms with Gasteiger partial charge in [0.2, 0.25) is 10.0 Å². The van der Waals surface area contributed by atoms with Gasteiger partial charge in [-0.1, -0.05) is 6.07 Å². The topological polar surface area (TPSA) is 80.3 Å². The average molecular weight is 270 g/mol. The summed E-state index contributed by atoms with van der Waals surface area (Å²) in [5, 5.41) is 0. The summed E-state index contributed by atoms with van der Waals surface area (Å²) in [7, 11) is -2.17. The summed E-state index contributed by atoms with van der Waals surface area (Å²) in [4.78, 5) is -0.155. The Morgan fingerprint density at radius 3 is 2.27 bits per heavy atom. The first-order valence-corrected chi connectivity index (χ1v) is 7.91. The number of nitrogens with one attached hydrogen (secondary N) is 1. The van der Waals surface area contributed by atoms with Crippen LogP contribution < -0.4 is 4.72 Å². The summed E-state index contributed by atoms with van der Waals surface area (Å²) < 4.78 is 45.8. The van der Waals surface area contributed by atoms with Crippen LogP contribution in [0.4, 0.5) is 5.69 Å². The summed E-state index contributed by atoms with van der Waals surface area (Å²) >= 11 is 0. The Balaban J connectivity index is 3.15. The fourth-order valence-corrected chi connectivity index (χ4v) is 2.28. The number of hydrogen-bond acceptors (Lipinski definition) is 4. The van der Waals surface area contributed by atoms with Crippen LogP contribution in [0.5, 0.6) is 0 Å². The molecule has 0 unspecified atom stereocenters. The molecule has 0 spiro atoms. The fraction of sp³-hybridized carbons (Fsp3) is 0.143. The molecule has 8 heteroatoms. The lowest BCUT2D eigenvalue weighted by Crippen LogP contribution is -2.09. The summed E-state index contributed by atoms with van der Waals surface area (Å²) in [6.07, 6.45) is 0.967. The van der Waals surface area contributed by atoms with Gasteiger partial charge in [-0.25, -0.2) is 16.8 Å². The van der Waals surface area contributed by atoms with Gasteiger partial charge in [0.1, 0.15) is 0 Å². The molecule has 0 saturated carbocycles. The zero-order valence-electron chi connectivity index (χ0n) is 7.64. The minimum atomic E-state index is -3.84. The number of anilines is 1. The van der Waals surface area contributed by atoms with Crippen LogP contribution in [-0.2, 0) is 19.1 Å². The van der Waals surface area contributed by atoms with Crippen molar-refractivity contribution in [2.45, 2.75) is 4.90 Å². The molecule has 0 amide bonds. The van der Waals surface area contributed by atoms with Crippen molar-refractivity contribution < 1.29 is 16.8 Å². The largest absolute Gasteiger partial charge is 0.284 e. The van der Waals surface area contributed by atoms with Crippen molar-refractivity contribution in [3.63, 3.8) is 0 Å². The number of sulfonamides is 1. The monoisotopic (exact) mass is 269 g/mol. The molecular formula is C7H8ClNO4S2. The van der Waals surface area contributed by atoms with Crippen LogP contribution in [0.25, 0.3) is 0 Å². The van der Waals surface area contributed by atoms with Gasteiger partial charge in [0.25, 0.3) is 9.05 Å². The highest BCUT2D eigenvalue weighted by atomic mass is 35.7. The Hall–Kier alpha value is -0.790. The second-order valence-corrected chi connectivity index (χ2v) is 7.15. The SMILES string of the molecule is CS(=O)(=O)Nc1cccc(S(=O)(=O)Cl)c1. The molecule has 0 aliphatic carbocycles. The molecule has 5 nitrogen and oxygen atoms in total. The molecule has 0 radical (unpaired) electrons. The van der Waals surface area contributed by atoms with Gasteiger partial charge in [0, 0.05) is 16.4 Å². The maximum atomic E-state index is 10.9. The molecular weight excluding hydrogens is 262 g/mol. The Kier molecular flexibility index (Phi) is 3.27. The third kappa shape index (κ3) is 4.06. The van der Waals surface area contributed by atoms with Crippen molar-refractivity contribution in [3.8, 4) is 0 Å². The van der Waals surface area contributed by atoms with E-state index in [9.17, 15) is 16.8 Å². The van der Waals surface area contributed by atoms with Gasteiger partial charge in [0.15, 0.2) is 0 Å². The van der Waals surface area contributed by atoms with E-state index in [1.807, 2.05) is 0 Å². The molecule has 0 saturated heterocycles. The van der Waals surface area contributed by atoms with Crippen molar-refractivity contribution in [2.24, 2.45) is 0 Å². The molecule has 1 aromatic rings. The summed E-state index contributed by atoms with van der Waals surface area (Å²) in [5.74, 6) is 0. The highest BCUT2D eigenvalue weighted by Gasteiger charge is 2.11. The van der Waals surface area contributed by atoms with E-state index in [2.05, 4.69) is 4.72 Å². The van der Waals surface area contributed by atoms with Crippen LogP contribution in [0.1, 0.15) is 0 Å². The minimum absolute atomic E-state index is 0.152. The summed E-state index contributed by atoms with van der Waals surface area (Å²) in [6, 6.07) is 5.23. The third-order valence-corrected chi connectivity index (χ3v) is 3.38. The van der Waals surface area contributed by atoms with Crippen LogP contribution in [0, 0.1) is 0 Å². The second-order valence-electron chi connectivity index (χ2n) is 2.84. The van der Waals surface area contributed by atoms with Gasteiger partial charge in [0.05, 0.1) is 11.2 Å². The Morgan fingerprint density at radius 2 is 1.80 bits per heavy atom. The molecule has 0 fully saturated rings.